The van der Waals surface area contributed by atoms with Crippen LogP contribution in [0.5, 0.6) is 5.75 Å². The second-order valence-electron chi connectivity index (χ2n) is 6.12. The van der Waals surface area contributed by atoms with Crippen LogP contribution in [0.25, 0.3) is 0 Å². The van der Waals surface area contributed by atoms with Gasteiger partial charge >= 0.3 is 5.97 Å². The number of carbonyl (C=O) groups excluding carboxylic acids is 1. The molecule has 2 aromatic rings. The molecule has 1 fully saturated rings. The van der Waals surface area contributed by atoms with Gasteiger partial charge in [0.25, 0.3) is 5.91 Å². The van der Waals surface area contributed by atoms with Crippen molar-refractivity contribution in [2.24, 2.45) is 0 Å². The smallest absolute Gasteiger partial charge is 0.335 e. The molecule has 2 aromatic carbocycles. The van der Waals surface area contributed by atoms with E-state index in [1.807, 2.05) is 0 Å². The Morgan fingerprint density at radius 2 is 1.77 bits per heavy atom. The predicted molar refractivity (Wildman–Crippen MR) is 90.6 cm³/mol. The van der Waals surface area contributed by atoms with Gasteiger partial charge in [-0.1, -0.05) is 0 Å². The maximum absolute atomic E-state index is 14.2. The minimum absolute atomic E-state index is 0.00628. The summed E-state index contributed by atoms with van der Waals surface area (Å²) in [6.45, 7) is 0. The van der Waals surface area contributed by atoms with Crippen molar-refractivity contribution in [3.63, 3.8) is 0 Å². The van der Waals surface area contributed by atoms with Crippen LogP contribution in [0.4, 0.5) is 14.5 Å². The van der Waals surface area contributed by atoms with E-state index in [9.17, 15) is 18.4 Å². The van der Waals surface area contributed by atoms with Gasteiger partial charge in [0.15, 0.2) is 11.6 Å². The zero-order chi connectivity index (χ0) is 18.7. The van der Waals surface area contributed by atoms with Crippen LogP contribution >= 0.6 is 0 Å². The van der Waals surface area contributed by atoms with E-state index in [1.165, 1.54) is 12.1 Å². The molecule has 1 amide bonds. The van der Waals surface area contributed by atoms with Crippen molar-refractivity contribution in [1.82, 2.24) is 0 Å². The molecule has 0 spiro atoms. The molecule has 2 N–H and O–H groups in total. The van der Waals surface area contributed by atoms with Crippen molar-refractivity contribution in [1.29, 1.82) is 0 Å². The molecule has 136 valence electrons. The fourth-order valence-corrected chi connectivity index (χ4v) is 2.89. The number of carbonyl (C=O) groups is 2. The Hall–Kier alpha value is -2.96. The van der Waals surface area contributed by atoms with Gasteiger partial charge < -0.3 is 15.2 Å². The summed E-state index contributed by atoms with van der Waals surface area (Å²) in [5.41, 5.74) is -0.451. The summed E-state index contributed by atoms with van der Waals surface area (Å²) in [6, 6.07) is 6.95. The fourth-order valence-electron chi connectivity index (χ4n) is 2.89. The normalized spacial score (nSPS) is 14.2. The van der Waals surface area contributed by atoms with Crippen LogP contribution in [-0.4, -0.2) is 23.1 Å². The van der Waals surface area contributed by atoms with Gasteiger partial charge in [0.1, 0.15) is 5.82 Å². The van der Waals surface area contributed by atoms with Crippen LogP contribution < -0.4 is 10.1 Å². The Bertz CT molecular complexity index is 847. The highest BCUT2D eigenvalue weighted by atomic mass is 19.1. The summed E-state index contributed by atoms with van der Waals surface area (Å²) in [7, 11) is 0. The van der Waals surface area contributed by atoms with E-state index in [0.29, 0.717) is 0 Å². The highest BCUT2D eigenvalue weighted by Crippen LogP contribution is 2.28. The Balaban J connectivity index is 1.71. The number of rotatable bonds is 5. The third-order valence-corrected chi connectivity index (χ3v) is 4.25. The third kappa shape index (κ3) is 3.99. The third-order valence-electron chi connectivity index (χ3n) is 4.25. The van der Waals surface area contributed by atoms with Crippen LogP contribution in [0.3, 0.4) is 0 Å². The van der Waals surface area contributed by atoms with Gasteiger partial charge in [-0.15, -0.1) is 0 Å². The number of ether oxygens (including phenoxy) is 1. The predicted octanol–water partition coefficient (Wildman–Crippen LogP) is 4.24. The minimum Gasteiger partial charge on any atom is -0.487 e. The zero-order valence-corrected chi connectivity index (χ0v) is 13.8. The van der Waals surface area contributed by atoms with E-state index in [1.54, 1.807) is 0 Å². The Kier molecular flexibility index (Phi) is 5.16. The lowest BCUT2D eigenvalue weighted by molar-refractivity contribution is 0.0695. The van der Waals surface area contributed by atoms with Crippen molar-refractivity contribution in [2.45, 2.75) is 31.8 Å². The first-order valence-electron chi connectivity index (χ1n) is 8.24. The van der Waals surface area contributed by atoms with E-state index in [-0.39, 0.29) is 28.7 Å². The second-order valence-corrected chi connectivity index (χ2v) is 6.12. The first-order chi connectivity index (χ1) is 12.4. The number of nitrogens with one attached hydrogen (secondary N) is 1. The summed E-state index contributed by atoms with van der Waals surface area (Å²) in [5.74, 6) is -3.56. The van der Waals surface area contributed by atoms with Crippen LogP contribution in [0.15, 0.2) is 36.4 Å². The van der Waals surface area contributed by atoms with Gasteiger partial charge in [-0.25, -0.2) is 13.6 Å². The minimum atomic E-state index is -1.30. The topological polar surface area (TPSA) is 75.6 Å². The van der Waals surface area contributed by atoms with E-state index in [2.05, 4.69) is 5.32 Å². The molecule has 0 saturated heterocycles. The van der Waals surface area contributed by atoms with Crippen molar-refractivity contribution in [3.05, 3.63) is 59.2 Å². The summed E-state index contributed by atoms with van der Waals surface area (Å²) in [6.07, 6.45) is 3.92. The van der Waals surface area contributed by atoms with Gasteiger partial charge in [0.05, 0.1) is 17.2 Å². The molecule has 0 bridgehead atoms. The Morgan fingerprint density at radius 1 is 1.04 bits per heavy atom. The van der Waals surface area contributed by atoms with Crippen LogP contribution in [-0.2, 0) is 0 Å². The number of aromatic carboxylic acids is 1. The summed E-state index contributed by atoms with van der Waals surface area (Å²) in [5, 5.41) is 11.2. The van der Waals surface area contributed by atoms with E-state index in [0.717, 1.165) is 49.9 Å². The molecule has 0 aliphatic heterocycles. The lowest BCUT2D eigenvalue weighted by atomic mass is 10.1. The maximum Gasteiger partial charge on any atom is 0.335 e. The number of carboxylic acids is 1. The van der Waals surface area contributed by atoms with E-state index in [4.69, 9.17) is 9.84 Å². The molecule has 1 saturated carbocycles. The summed E-state index contributed by atoms with van der Waals surface area (Å²) >= 11 is 0. The number of benzene rings is 2. The lowest BCUT2D eigenvalue weighted by Crippen LogP contribution is -2.15. The first kappa shape index (κ1) is 17.8. The molecule has 0 radical (unpaired) electrons. The van der Waals surface area contributed by atoms with Gasteiger partial charge in [-0.2, -0.15) is 0 Å². The molecule has 0 unspecified atom stereocenters. The van der Waals surface area contributed by atoms with Crippen molar-refractivity contribution >= 4 is 17.6 Å². The molecular formula is C19H17F2NO4. The number of hydrogen-bond acceptors (Lipinski definition) is 3. The molecule has 5 nitrogen and oxygen atoms in total. The van der Waals surface area contributed by atoms with Gasteiger partial charge in [0.2, 0.25) is 0 Å². The van der Waals surface area contributed by atoms with Gasteiger partial charge in [-0.3, -0.25) is 4.79 Å². The number of halogens is 2. The highest BCUT2D eigenvalue weighted by molar-refractivity contribution is 6.05. The number of hydrogen-bond donors (Lipinski definition) is 2. The number of anilines is 1. The molecule has 0 aromatic heterocycles. The van der Waals surface area contributed by atoms with E-state index >= 15 is 0 Å². The Morgan fingerprint density at radius 3 is 2.38 bits per heavy atom. The summed E-state index contributed by atoms with van der Waals surface area (Å²) < 4.78 is 33.7. The molecule has 1 aliphatic carbocycles. The SMILES string of the molecule is O=C(O)c1ccc(C(=O)Nc2ccc(OC3CCCC3)c(F)c2)c(F)c1. The standard InChI is InChI=1S/C19H17F2NO4/c20-15-9-11(19(24)25)5-7-14(15)18(23)22-12-6-8-17(16(21)10-12)26-13-3-1-2-4-13/h5-10,13H,1-4H2,(H,22,23)(H,24,25). The number of carboxylic acid groups (broad SMARTS) is 1. The summed E-state index contributed by atoms with van der Waals surface area (Å²) in [4.78, 5) is 22.9. The van der Waals surface area contributed by atoms with Gasteiger partial charge in [0, 0.05) is 11.8 Å². The fraction of sp³-hybridized carbons (Fsp3) is 0.263. The van der Waals surface area contributed by atoms with Crippen LogP contribution in [0.2, 0.25) is 0 Å². The van der Waals surface area contributed by atoms with Gasteiger partial charge in [-0.05, 0) is 56.0 Å². The van der Waals surface area contributed by atoms with Crippen molar-refractivity contribution in [3.8, 4) is 5.75 Å². The average molecular weight is 361 g/mol. The largest absolute Gasteiger partial charge is 0.487 e. The molecule has 7 heteroatoms. The molecule has 26 heavy (non-hydrogen) atoms. The van der Waals surface area contributed by atoms with Crippen LogP contribution in [0.1, 0.15) is 46.4 Å². The van der Waals surface area contributed by atoms with Crippen LogP contribution in [0, 0.1) is 11.6 Å². The number of amides is 1. The molecule has 1 aliphatic rings. The second kappa shape index (κ2) is 7.51. The Labute approximate surface area is 148 Å². The molecule has 3 rings (SSSR count). The van der Waals surface area contributed by atoms with Crippen molar-refractivity contribution in [2.75, 3.05) is 5.32 Å². The molecular weight excluding hydrogens is 344 g/mol. The quantitative estimate of drug-likeness (QED) is 0.835. The first-order valence-corrected chi connectivity index (χ1v) is 8.24. The molecule has 0 atom stereocenters. The van der Waals surface area contributed by atoms with Crippen molar-refractivity contribution < 1.29 is 28.2 Å². The lowest BCUT2D eigenvalue weighted by Gasteiger charge is -2.14. The average Bonchev–Trinajstić information content (AvgIpc) is 3.10. The highest BCUT2D eigenvalue weighted by Gasteiger charge is 2.19. The zero-order valence-electron chi connectivity index (χ0n) is 13.8. The monoisotopic (exact) mass is 361 g/mol. The molecule has 0 heterocycles. The maximum atomic E-state index is 14.2. The van der Waals surface area contributed by atoms with E-state index < -0.39 is 23.5 Å².